The maximum Gasteiger partial charge on any atom is 0.0641 e. The van der Waals surface area contributed by atoms with E-state index < -0.39 is 0 Å². The topological polar surface area (TPSA) is 33.1 Å². The van der Waals surface area contributed by atoms with Gasteiger partial charge in [-0.05, 0) is 14.0 Å². The highest BCUT2D eigenvalue weighted by Crippen LogP contribution is 2.18. The second kappa shape index (κ2) is 3.71. The first-order valence-electron chi connectivity index (χ1n) is 5.09. The fourth-order valence-corrected chi connectivity index (χ4v) is 2.07. The van der Waals surface area contributed by atoms with E-state index in [0.29, 0.717) is 6.04 Å². The Kier molecular flexibility index (Phi) is 2.56. The molecule has 0 amide bonds. The Hall–Kier alpha value is -0.870. The normalized spacial score (nSPS) is 24.1. The number of aromatic nitrogens is 2. The minimum absolute atomic E-state index is 0.447. The van der Waals surface area contributed by atoms with Crippen LogP contribution in [-0.2, 0) is 7.05 Å². The average Bonchev–Trinajstić information content (AvgIpc) is 2.45. The Morgan fingerprint density at radius 1 is 1.50 bits per heavy atom. The van der Waals surface area contributed by atoms with Crippen LogP contribution in [0.1, 0.15) is 17.3 Å². The van der Waals surface area contributed by atoms with Crippen LogP contribution in [0.3, 0.4) is 0 Å². The molecule has 4 heteroatoms. The highest BCUT2D eigenvalue weighted by Gasteiger charge is 2.21. The highest BCUT2D eigenvalue weighted by atomic mass is 15.3. The summed E-state index contributed by atoms with van der Waals surface area (Å²) in [5, 5.41) is 7.89. The molecular weight excluding hydrogens is 176 g/mol. The second-order valence-electron chi connectivity index (χ2n) is 4.11. The summed E-state index contributed by atoms with van der Waals surface area (Å²) in [5.41, 5.74) is 2.47. The van der Waals surface area contributed by atoms with Gasteiger partial charge in [0.1, 0.15) is 0 Å². The molecule has 0 bridgehead atoms. The van der Waals surface area contributed by atoms with Crippen molar-refractivity contribution in [3.63, 3.8) is 0 Å². The van der Waals surface area contributed by atoms with E-state index in [9.17, 15) is 0 Å². The van der Waals surface area contributed by atoms with Gasteiger partial charge in [0.15, 0.2) is 0 Å². The highest BCUT2D eigenvalue weighted by molar-refractivity contribution is 5.21. The van der Waals surface area contributed by atoms with Crippen LogP contribution in [0.15, 0.2) is 6.20 Å². The lowest BCUT2D eigenvalue weighted by Crippen LogP contribution is -2.43. The zero-order valence-corrected chi connectivity index (χ0v) is 9.12. The second-order valence-corrected chi connectivity index (χ2v) is 4.11. The van der Waals surface area contributed by atoms with Crippen LogP contribution in [0.25, 0.3) is 0 Å². The molecule has 1 aliphatic rings. The van der Waals surface area contributed by atoms with E-state index in [1.54, 1.807) is 0 Å². The summed E-state index contributed by atoms with van der Waals surface area (Å²) in [5.74, 6) is 0. The molecule has 2 heterocycles. The monoisotopic (exact) mass is 194 g/mol. The van der Waals surface area contributed by atoms with Crippen LogP contribution >= 0.6 is 0 Å². The van der Waals surface area contributed by atoms with Crippen molar-refractivity contribution in [2.24, 2.45) is 7.05 Å². The van der Waals surface area contributed by atoms with Crippen LogP contribution in [0.4, 0.5) is 0 Å². The lowest BCUT2D eigenvalue weighted by molar-refractivity contribution is 0.240. The van der Waals surface area contributed by atoms with E-state index in [1.807, 2.05) is 11.7 Å². The van der Waals surface area contributed by atoms with Crippen molar-refractivity contribution in [2.45, 2.75) is 13.0 Å². The lowest BCUT2D eigenvalue weighted by Gasteiger charge is -2.30. The molecule has 1 saturated heterocycles. The maximum absolute atomic E-state index is 4.37. The number of hydrogen-bond acceptors (Lipinski definition) is 3. The van der Waals surface area contributed by atoms with Gasteiger partial charge in [0.25, 0.3) is 0 Å². The predicted molar refractivity (Wildman–Crippen MR) is 56.2 cm³/mol. The molecule has 0 radical (unpaired) electrons. The zero-order valence-electron chi connectivity index (χ0n) is 9.12. The summed E-state index contributed by atoms with van der Waals surface area (Å²) < 4.78 is 1.89. The van der Waals surface area contributed by atoms with Gasteiger partial charge >= 0.3 is 0 Å². The molecule has 1 unspecified atom stereocenters. The molecular formula is C10H18N4. The molecule has 1 aromatic rings. The third kappa shape index (κ3) is 1.81. The number of likely N-dealkylation sites (N-methyl/N-ethyl adjacent to an activating group) is 1. The van der Waals surface area contributed by atoms with Crippen LogP contribution in [0, 0.1) is 6.92 Å². The van der Waals surface area contributed by atoms with Crippen LogP contribution in [0.5, 0.6) is 0 Å². The lowest BCUT2D eigenvalue weighted by atomic mass is 10.1. The maximum atomic E-state index is 4.37. The van der Waals surface area contributed by atoms with Gasteiger partial charge in [0, 0.05) is 44.5 Å². The number of hydrogen-bond donors (Lipinski definition) is 1. The van der Waals surface area contributed by atoms with Gasteiger partial charge < -0.3 is 10.2 Å². The fraction of sp³-hybridized carbons (Fsp3) is 0.700. The summed E-state index contributed by atoms with van der Waals surface area (Å²) in [7, 11) is 4.14. The Morgan fingerprint density at radius 2 is 2.29 bits per heavy atom. The van der Waals surface area contributed by atoms with Gasteiger partial charge in [-0.25, -0.2) is 0 Å². The van der Waals surface area contributed by atoms with Crippen molar-refractivity contribution in [2.75, 3.05) is 26.7 Å². The van der Waals surface area contributed by atoms with Gasteiger partial charge in [-0.15, -0.1) is 0 Å². The fourth-order valence-electron chi connectivity index (χ4n) is 2.07. The van der Waals surface area contributed by atoms with Crippen molar-refractivity contribution in [3.8, 4) is 0 Å². The molecule has 0 aliphatic carbocycles. The minimum Gasteiger partial charge on any atom is -0.307 e. The van der Waals surface area contributed by atoms with Gasteiger partial charge in [-0.2, -0.15) is 5.10 Å². The largest absolute Gasteiger partial charge is 0.307 e. The van der Waals surface area contributed by atoms with Crippen molar-refractivity contribution < 1.29 is 0 Å². The van der Waals surface area contributed by atoms with Gasteiger partial charge in [-0.3, -0.25) is 4.68 Å². The molecule has 4 nitrogen and oxygen atoms in total. The van der Waals surface area contributed by atoms with E-state index >= 15 is 0 Å². The van der Waals surface area contributed by atoms with Crippen LogP contribution < -0.4 is 5.32 Å². The molecule has 0 spiro atoms. The summed E-state index contributed by atoms with van der Waals surface area (Å²) in [6.45, 7) is 5.35. The smallest absolute Gasteiger partial charge is 0.0641 e. The van der Waals surface area contributed by atoms with Gasteiger partial charge in [0.2, 0.25) is 0 Å². The third-order valence-corrected chi connectivity index (χ3v) is 2.81. The third-order valence-electron chi connectivity index (χ3n) is 2.81. The number of nitrogens with one attached hydrogen (secondary N) is 1. The minimum atomic E-state index is 0.447. The van der Waals surface area contributed by atoms with Gasteiger partial charge in [-0.1, -0.05) is 0 Å². The molecule has 1 aromatic heterocycles. The molecule has 1 N–H and O–H groups in total. The summed E-state index contributed by atoms with van der Waals surface area (Å²) in [6.07, 6.45) is 2.12. The first kappa shape index (κ1) is 9.68. The molecule has 0 aromatic carbocycles. The van der Waals surface area contributed by atoms with E-state index in [2.05, 4.69) is 35.5 Å². The Balaban J connectivity index is 2.17. The molecule has 78 valence electrons. The number of aryl methyl sites for hydroxylation is 2. The standard InChI is InChI=1S/C10H18N4/c1-8-9(6-14(3)12-8)10-7-13(2)5-4-11-10/h6,10-11H,4-5,7H2,1-3H3. The van der Waals surface area contributed by atoms with E-state index in [0.717, 1.165) is 25.3 Å². The molecule has 1 fully saturated rings. The molecule has 14 heavy (non-hydrogen) atoms. The van der Waals surface area contributed by atoms with E-state index in [1.165, 1.54) is 5.56 Å². The average molecular weight is 194 g/mol. The number of rotatable bonds is 1. The Bertz CT molecular complexity index is 318. The predicted octanol–water partition coefficient (Wildman–Crippen LogP) is 0.305. The Morgan fingerprint density at radius 3 is 2.86 bits per heavy atom. The number of nitrogens with zero attached hydrogens (tertiary/aromatic N) is 3. The first-order valence-corrected chi connectivity index (χ1v) is 5.09. The molecule has 0 saturated carbocycles. The summed E-state index contributed by atoms with van der Waals surface area (Å²) in [6, 6.07) is 0.447. The van der Waals surface area contributed by atoms with E-state index in [-0.39, 0.29) is 0 Å². The first-order chi connectivity index (χ1) is 6.66. The number of piperazine rings is 1. The molecule has 2 rings (SSSR count). The molecule has 1 atom stereocenters. The molecule has 1 aliphatic heterocycles. The van der Waals surface area contributed by atoms with Crippen LogP contribution in [0.2, 0.25) is 0 Å². The SMILES string of the molecule is Cc1nn(C)cc1C1CN(C)CCN1. The van der Waals surface area contributed by atoms with Crippen molar-refractivity contribution in [1.29, 1.82) is 0 Å². The van der Waals surface area contributed by atoms with Crippen molar-refractivity contribution >= 4 is 0 Å². The van der Waals surface area contributed by atoms with Crippen molar-refractivity contribution in [3.05, 3.63) is 17.5 Å². The van der Waals surface area contributed by atoms with E-state index in [4.69, 9.17) is 0 Å². The summed E-state index contributed by atoms with van der Waals surface area (Å²) >= 11 is 0. The zero-order chi connectivity index (χ0) is 10.1. The summed E-state index contributed by atoms with van der Waals surface area (Å²) in [4.78, 5) is 2.35. The van der Waals surface area contributed by atoms with Crippen LogP contribution in [-0.4, -0.2) is 41.4 Å². The Labute approximate surface area is 84.9 Å². The van der Waals surface area contributed by atoms with Crippen molar-refractivity contribution in [1.82, 2.24) is 20.0 Å². The van der Waals surface area contributed by atoms with Gasteiger partial charge in [0.05, 0.1) is 5.69 Å². The quantitative estimate of drug-likeness (QED) is 0.698.